The second-order valence-corrected chi connectivity index (χ2v) is 9.97. The van der Waals surface area contributed by atoms with Crippen molar-refractivity contribution in [2.24, 2.45) is 5.92 Å². The molecular weight excluding hydrogens is 395 g/mol. The molecule has 0 radical (unpaired) electrons. The van der Waals surface area contributed by atoms with Gasteiger partial charge < -0.3 is 10.1 Å². The van der Waals surface area contributed by atoms with Crippen LogP contribution in [0.5, 0.6) is 0 Å². The monoisotopic (exact) mass is 426 g/mol. The summed E-state index contributed by atoms with van der Waals surface area (Å²) in [5, 5.41) is 6.66. The first-order valence-electron chi connectivity index (χ1n) is 10.9. The summed E-state index contributed by atoms with van der Waals surface area (Å²) in [7, 11) is 0. The molecule has 1 saturated heterocycles. The Hall–Kier alpha value is -0.710. The molecule has 0 aromatic carbocycles. The van der Waals surface area contributed by atoms with Gasteiger partial charge in [-0.05, 0) is 82.4 Å². The third-order valence-corrected chi connectivity index (χ3v) is 7.72. The Morgan fingerprint density at radius 3 is 2.71 bits per heavy atom. The molecule has 1 aliphatic heterocycles. The van der Waals surface area contributed by atoms with Crippen molar-refractivity contribution >= 4 is 29.1 Å². The van der Waals surface area contributed by atoms with E-state index in [0.29, 0.717) is 6.42 Å². The molecule has 1 heterocycles. The highest BCUT2D eigenvalue weighted by Gasteiger charge is 2.37. The zero-order valence-corrected chi connectivity index (χ0v) is 18.2. The predicted molar refractivity (Wildman–Crippen MR) is 113 cm³/mol. The molecule has 6 heteroatoms. The smallest absolute Gasteiger partial charge is 0.224 e. The fourth-order valence-corrected chi connectivity index (χ4v) is 6.06. The van der Waals surface area contributed by atoms with Gasteiger partial charge in [-0.15, -0.1) is 23.2 Å². The lowest BCUT2D eigenvalue weighted by molar-refractivity contribution is -0.128. The van der Waals surface area contributed by atoms with Gasteiger partial charge in [-0.1, -0.05) is 5.57 Å². The largest absolute Gasteiger partial charge is 0.477 e. The second-order valence-electron chi connectivity index (χ2n) is 8.80. The topological polar surface area (TPSA) is 50.4 Å². The van der Waals surface area contributed by atoms with Gasteiger partial charge in [0, 0.05) is 17.2 Å². The van der Waals surface area contributed by atoms with Crippen molar-refractivity contribution in [3.8, 4) is 0 Å². The quantitative estimate of drug-likeness (QED) is 0.636. The Labute approximate surface area is 178 Å². The fraction of sp³-hybridized carbons (Fsp3) is 0.773. The molecule has 0 spiro atoms. The Morgan fingerprint density at radius 2 is 1.89 bits per heavy atom. The minimum atomic E-state index is -0.176. The number of allylic oxidation sites excluding steroid dienone is 4. The van der Waals surface area contributed by atoms with Crippen LogP contribution in [0.2, 0.25) is 0 Å². The standard InChI is InChI=1S/C22H32Cl2N2O2/c1-13-7-10-20(16-5-2-4-15(13)16)28-22-19(6-3-11-25-22)26-21(27)17-9-8-14(23)12-18(17)24/h14,17-19,22,25H,2-12H2,1H3,(H,26,27). The summed E-state index contributed by atoms with van der Waals surface area (Å²) >= 11 is 12.7. The Balaban J connectivity index is 1.42. The van der Waals surface area contributed by atoms with Crippen LogP contribution in [0, 0.1) is 5.92 Å². The summed E-state index contributed by atoms with van der Waals surface area (Å²) in [4.78, 5) is 12.9. The van der Waals surface area contributed by atoms with Crippen molar-refractivity contribution in [3.63, 3.8) is 0 Å². The number of hydrogen-bond donors (Lipinski definition) is 2. The van der Waals surface area contributed by atoms with E-state index in [1.807, 2.05) is 0 Å². The summed E-state index contributed by atoms with van der Waals surface area (Å²) < 4.78 is 6.50. The number of piperidine rings is 1. The van der Waals surface area contributed by atoms with Crippen molar-refractivity contribution in [1.82, 2.24) is 10.6 Å². The lowest BCUT2D eigenvalue weighted by Crippen LogP contribution is -2.56. The lowest BCUT2D eigenvalue weighted by atomic mass is 9.87. The number of hydrogen-bond acceptors (Lipinski definition) is 3. The van der Waals surface area contributed by atoms with Crippen LogP contribution in [-0.2, 0) is 9.53 Å². The summed E-state index contributed by atoms with van der Waals surface area (Å²) in [6, 6.07) is -0.0104. The van der Waals surface area contributed by atoms with Crippen molar-refractivity contribution in [1.29, 1.82) is 0 Å². The van der Waals surface area contributed by atoms with E-state index in [1.165, 1.54) is 29.6 Å². The SMILES string of the molecule is CC1=C2CCCC2=C(OC2NCCCC2NC(=O)C2CCC(Cl)CC2Cl)CC1. The number of fused-ring (bicyclic) bond motifs is 1. The maximum Gasteiger partial charge on any atom is 0.224 e. The molecule has 156 valence electrons. The van der Waals surface area contributed by atoms with Crippen molar-refractivity contribution < 1.29 is 9.53 Å². The maximum atomic E-state index is 12.9. The third kappa shape index (κ3) is 4.39. The van der Waals surface area contributed by atoms with Crippen LogP contribution in [0.3, 0.4) is 0 Å². The normalized spacial score (nSPS) is 36.3. The molecular formula is C22H32Cl2N2O2. The van der Waals surface area contributed by atoms with Gasteiger partial charge in [0.15, 0.2) is 6.23 Å². The van der Waals surface area contributed by atoms with Gasteiger partial charge >= 0.3 is 0 Å². The first-order chi connectivity index (χ1) is 13.5. The molecule has 0 aromatic heterocycles. The van der Waals surface area contributed by atoms with Crippen LogP contribution in [0.15, 0.2) is 22.5 Å². The van der Waals surface area contributed by atoms with E-state index < -0.39 is 0 Å². The van der Waals surface area contributed by atoms with Crippen LogP contribution in [0.4, 0.5) is 0 Å². The highest BCUT2D eigenvalue weighted by atomic mass is 35.5. The number of ether oxygens (including phenoxy) is 1. The molecule has 5 unspecified atom stereocenters. The Kier molecular flexibility index (Phi) is 6.59. The molecule has 3 fully saturated rings. The highest BCUT2D eigenvalue weighted by Crippen LogP contribution is 2.42. The van der Waals surface area contributed by atoms with E-state index in [2.05, 4.69) is 17.6 Å². The molecule has 28 heavy (non-hydrogen) atoms. The van der Waals surface area contributed by atoms with Crippen molar-refractivity contribution in [2.75, 3.05) is 6.54 Å². The number of amides is 1. The fourth-order valence-electron chi connectivity index (χ4n) is 5.19. The average Bonchev–Trinajstić information content (AvgIpc) is 3.16. The summed E-state index contributed by atoms with van der Waals surface area (Å²) in [5.74, 6) is 1.06. The van der Waals surface area contributed by atoms with E-state index in [9.17, 15) is 4.79 Å². The highest BCUT2D eigenvalue weighted by molar-refractivity contribution is 6.24. The molecule has 2 saturated carbocycles. The first-order valence-corrected chi connectivity index (χ1v) is 11.8. The zero-order chi connectivity index (χ0) is 19.7. The lowest BCUT2D eigenvalue weighted by Gasteiger charge is -2.37. The van der Waals surface area contributed by atoms with Crippen molar-refractivity contribution in [3.05, 3.63) is 22.5 Å². The minimum absolute atomic E-state index is 0.0104. The second kappa shape index (κ2) is 8.97. The number of carbonyl (C=O) groups is 1. The Bertz CT molecular complexity index is 675. The molecule has 1 amide bonds. The maximum absolute atomic E-state index is 12.9. The van der Waals surface area contributed by atoms with Crippen LogP contribution < -0.4 is 10.6 Å². The minimum Gasteiger partial charge on any atom is -0.477 e. The van der Waals surface area contributed by atoms with E-state index in [0.717, 1.165) is 57.2 Å². The van der Waals surface area contributed by atoms with Gasteiger partial charge in [-0.25, -0.2) is 0 Å². The molecule has 0 aromatic rings. The molecule has 4 nitrogen and oxygen atoms in total. The number of nitrogens with one attached hydrogen (secondary N) is 2. The van der Waals surface area contributed by atoms with Crippen molar-refractivity contribution in [2.45, 2.75) is 94.2 Å². The molecule has 0 bridgehead atoms. The van der Waals surface area contributed by atoms with Crippen LogP contribution in [0.1, 0.15) is 71.1 Å². The van der Waals surface area contributed by atoms with Gasteiger partial charge in [-0.3, -0.25) is 10.1 Å². The average molecular weight is 427 g/mol. The molecule has 4 aliphatic rings. The number of halogens is 2. The van der Waals surface area contributed by atoms with Gasteiger partial charge in [0.2, 0.25) is 5.91 Å². The summed E-state index contributed by atoms with van der Waals surface area (Å²) in [5.41, 5.74) is 4.49. The molecule has 2 N–H and O–H groups in total. The van der Waals surface area contributed by atoms with E-state index >= 15 is 0 Å². The van der Waals surface area contributed by atoms with Gasteiger partial charge in [0.05, 0.1) is 12.0 Å². The van der Waals surface area contributed by atoms with E-state index in [4.69, 9.17) is 27.9 Å². The molecule has 4 rings (SSSR count). The first kappa shape index (κ1) is 20.6. The van der Waals surface area contributed by atoms with E-state index in [1.54, 1.807) is 0 Å². The van der Waals surface area contributed by atoms with Gasteiger partial charge in [-0.2, -0.15) is 0 Å². The summed E-state index contributed by atoms with van der Waals surface area (Å²) in [6.07, 6.45) is 9.76. The number of rotatable bonds is 4. The third-order valence-electron chi connectivity index (χ3n) is 6.84. The van der Waals surface area contributed by atoms with Crippen LogP contribution in [-0.4, -0.2) is 35.5 Å². The van der Waals surface area contributed by atoms with Gasteiger partial charge in [0.25, 0.3) is 0 Å². The predicted octanol–water partition coefficient (Wildman–Crippen LogP) is 4.76. The van der Waals surface area contributed by atoms with Gasteiger partial charge in [0.1, 0.15) is 5.76 Å². The van der Waals surface area contributed by atoms with E-state index in [-0.39, 0.29) is 34.8 Å². The number of alkyl halides is 2. The number of carbonyl (C=O) groups excluding carboxylic acids is 1. The molecule has 3 aliphatic carbocycles. The van der Waals surface area contributed by atoms with Crippen LogP contribution in [0.25, 0.3) is 0 Å². The molecule has 5 atom stereocenters. The summed E-state index contributed by atoms with van der Waals surface area (Å²) in [6.45, 7) is 3.19. The Morgan fingerprint density at radius 1 is 1.07 bits per heavy atom. The van der Waals surface area contributed by atoms with Crippen LogP contribution >= 0.6 is 23.2 Å². The zero-order valence-electron chi connectivity index (χ0n) is 16.7.